The van der Waals surface area contributed by atoms with Gasteiger partial charge >= 0.3 is 20.1 Å². The molecule has 9 rings (SSSR count). The first kappa shape index (κ1) is 29.8. The maximum absolute atomic E-state index is 16.0. The van der Waals surface area contributed by atoms with Crippen molar-refractivity contribution in [3.63, 3.8) is 0 Å². The summed E-state index contributed by atoms with van der Waals surface area (Å²) in [7, 11) is 0. The molecule has 0 unspecified atom stereocenters. The van der Waals surface area contributed by atoms with Crippen LogP contribution in [0.5, 0.6) is 0 Å². The van der Waals surface area contributed by atoms with E-state index < -0.39 is 125 Å². The standard InChI is InChI=1S/C63H61FN3O.Ir/c1-40(2)54-34-58(46-16-11-9-12-17-46)65-38-49(54)26-23-44-31-43(32-45(33-44)24-27-50-39-66-59(35-55(50)41(3)4)47-18-13-10-14-19-47)22-25-48-37-67-60(30-42(48)5)53-21-15-20-51-52-28-29-57(64)56(36-63(6,7)8)62(52)68-61(51)53;/h9-16,18,20,28-35,37-41H,22-27,36H2,1-8H3;/q-3;+3/i5D3,22D2,23D2,24D2,25D2,26D2,27D2,29D,36D2,40D,41D;. The van der Waals surface area contributed by atoms with Gasteiger partial charge in [-0.1, -0.05) is 101 Å². The Kier molecular flexibility index (Phi) is 9.21. The minimum Gasteiger partial charge on any atom is -0.500 e. The number of aryl methyl sites for hydroxylation is 7. The predicted octanol–water partition coefficient (Wildman–Crippen LogP) is 15.8. The van der Waals surface area contributed by atoms with Crippen molar-refractivity contribution < 1.29 is 56.3 Å². The Bertz CT molecular complexity index is 4030. The predicted molar refractivity (Wildman–Crippen MR) is 278 cm³/mol. The van der Waals surface area contributed by atoms with Gasteiger partial charge in [-0.25, -0.2) is 4.39 Å². The zero-order chi connectivity index (χ0) is 65.3. The molecule has 9 aromatic rings. The quantitative estimate of drug-likeness (QED) is 0.0960. The molecule has 0 saturated heterocycles. The van der Waals surface area contributed by atoms with Crippen LogP contribution in [0.1, 0.15) is 143 Å². The third-order valence-corrected chi connectivity index (χ3v) is 11.0. The maximum atomic E-state index is 16.0. The molecule has 0 N–H and O–H groups in total. The molecule has 0 saturated carbocycles. The minimum absolute atomic E-state index is 0. The number of nitrogens with zero attached hydrogens (tertiary/aromatic N) is 3. The van der Waals surface area contributed by atoms with Gasteiger partial charge in [0.15, 0.2) is 0 Å². The molecule has 0 aliphatic rings. The number of benzene rings is 5. The van der Waals surface area contributed by atoms with Crippen LogP contribution in [-0.2, 0) is 64.7 Å². The number of hydrogen-bond donors (Lipinski definition) is 0. The van der Waals surface area contributed by atoms with Crippen LogP contribution in [0.25, 0.3) is 55.7 Å². The molecule has 0 aliphatic carbocycles. The van der Waals surface area contributed by atoms with Crippen LogP contribution in [0.15, 0.2) is 132 Å². The van der Waals surface area contributed by atoms with Gasteiger partial charge in [0.1, 0.15) is 11.4 Å². The normalized spacial score (nSPS) is 18.0. The summed E-state index contributed by atoms with van der Waals surface area (Å²) < 4.78 is 210. The molecule has 6 heteroatoms. The van der Waals surface area contributed by atoms with E-state index in [1.165, 1.54) is 52.0 Å². The van der Waals surface area contributed by atoms with Gasteiger partial charge in [-0.2, -0.15) is 0 Å². The fourth-order valence-electron chi connectivity index (χ4n) is 7.69. The van der Waals surface area contributed by atoms with E-state index in [4.69, 9.17) is 15.4 Å². The van der Waals surface area contributed by atoms with E-state index in [1.807, 2.05) is 0 Å². The zero-order valence-electron chi connectivity index (χ0n) is 59.0. The smallest absolute Gasteiger partial charge is 0.500 e. The van der Waals surface area contributed by atoms with Crippen LogP contribution in [-0.4, -0.2) is 15.0 Å². The Morgan fingerprint density at radius 1 is 0.638 bits per heavy atom. The molecule has 4 aromatic heterocycles. The molecule has 0 spiro atoms. The van der Waals surface area contributed by atoms with Gasteiger partial charge in [0, 0.05) is 55.6 Å². The van der Waals surface area contributed by atoms with Crippen LogP contribution in [0, 0.1) is 36.3 Å². The molecular weight excluding hydrogens is 1030 g/mol. The number of hydrogen-bond acceptors (Lipinski definition) is 4. The molecule has 350 valence electrons. The summed E-state index contributed by atoms with van der Waals surface area (Å²) in [6.07, 6.45) is -20.0. The molecule has 0 radical (unpaired) electrons. The Morgan fingerprint density at radius 3 is 1.67 bits per heavy atom. The van der Waals surface area contributed by atoms with Crippen molar-refractivity contribution in [1.29, 1.82) is 0 Å². The van der Waals surface area contributed by atoms with Crippen molar-refractivity contribution in [2.45, 2.75) is 112 Å². The van der Waals surface area contributed by atoms with Crippen LogP contribution >= 0.6 is 0 Å². The van der Waals surface area contributed by atoms with Crippen molar-refractivity contribution in [2.24, 2.45) is 5.41 Å². The van der Waals surface area contributed by atoms with E-state index in [2.05, 4.69) is 33.2 Å². The third-order valence-electron chi connectivity index (χ3n) is 11.0. The van der Waals surface area contributed by atoms with Crippen molar-refractivity contribution in [2.75, 3.05) is 0 Å². The number of rotatable bonds is 15. The molecule has 69 heavy (non-hydrogen) atoms. The number of furan rings is 1. The Balaban J connectivity index is 0.0000102. The van der Waals surface area contributed by atoms with Crippen molar-refractivity contribution in [1.82, 2.24) is 15.0 Å². The molecule has 0 atom stereocenters. The first-order chi connectivity index (χ1) is 40.3. The molecule has 0 fully saturated rings. The zero-order valence-corrected chi connectivity index (χ0v) is 41.4. The van der Waals surface area contributed by atoms with Gasteiger partial charge in [-0.05, 0) is 142 Å². The largest absolute Gasteiger partial charge is 3.00 e. The van der Waals surface area contributed by atoms with E-state index in [0.717, 1.165) is 48.9 Å². The number of pyridine rings is 3. The van der Waals surface area contributed by atoms with Gasteiger partial charge in [0.25, 0.3) is 0 Å². The van der Waals surface area contributed by atoms with Gasteiger partial charge < -0.3 is 19.4 Å². The molecule has 4 nitrogen and oxygen atoms in total. The summed E-state index contributed by atoms with van der Waals surface area (Å²) in [6, 6.07) is 32.0. The van der Waals surface area contributed by atoms with Crippen LogP contribution < -0.4 is 0 Å². The second-order valence-electron chi connectivity index (χ2n) is 17.7. The van der Waals surface area contributed by atoms with E-state index in [9.17, 15) is 16.4 Å². The molecule has 4 heterocycles. The fourth-order valence-corrected chi connectivity index (χ4v) is 7.69. The van der Waals surface area contributed by atoms with Crippen molar-refractivity contribution in [3.05, 3.63) is 207 Å². The van der Waals surface area contributed by atoms with Gasteiger partial charge in [0.2, 0.25) is 0 Å². The molecule has 0 bridgehead atoms. The number of halogens is 1. The van der Waals surface area contributed by atoms with Gasteiger partial charge in [-0.15, -0.1) is 90.0 Å². The van der Waals surface area contributed by atoms with E-state index in [1.54, 1.807) is 69.3 Å². The summed E-state index contributed by atoms with van der Waals surface area (Å²) in [4.78, 5) is 13.3. The van der Waals surface area contributed by atoms with Gasteiger partial charge in [-0.3, -0.25) is 0 Å². The number of fused-ring (bicyclic) bond motifs is 3. The van der Waals surface area contributed by atoms with E-state index >= 15 is 4.39 Å². The Labute approximate surface area is 450 Å². The fraction of sp³-hybridized carbons (Fsp3) is 0.286. The average molecular weight is 1110 g/mol. The molecular formula is C63H61FIrN3O. The second-order valence-corrected chi connectivity index (χ2v) is 17.7. The summed E-state index contributed by atoms with van der Waals surface area (Å²) in [5.41, 5.74) is -6.06. The summed E-state index contributed by atoms with van der Waals surface area (Å²) in [5.74, 6) is -4.43. The van der Waals surface area contributed by atoms with Crippen molar-refractivity contribution in [3.8, 4) is 33.8 Å². The molecule has 5 aromatic carbocycles. The second kappa shape index (κ2) is 21.3. The van der Waals surface area contributed by atoms with Crippen molar-refractivity contribution >= 4 is 21.9 Å². The summed E-state index contributed by atoms with van der Waals surface area (Å²) in [6.45, 7) is 7.16. The van der Waals surface area contributed by atoms with Crippen LogP contribution in [0.3, 0.4) is 0 Å². The monoisotopic (exact) mass is 1110 g/mol. The SMILES string of the molecule is [2H]c1cc2c(oc3c(-c4cc(C([2H])([2H])[2H])c(C([2H])([2H])C([2H])([2H])c5cc(C([2H])([2H])C([2H])([2H])c6cnc(-c7[c-]cccc7)cc6C([2H])(C)C)cc(C([2H])([2H])C([2H])([2H])c6cnc(-c7[c-]cccc7)cc6C([2H])(C)C)c5)cn4)[c-]ccc32)c(C([2H])([2H])C(C)(C)C)c1F.[Ir+3]. The molecule has 0 amide bonds. The summed E-state index contributed by atoms with van der Waals surface area (Å²) >= 11 is 0. The van der Waals surface area contributed by atoms with E-state index in [0.29, 0.717) is 11.1 Å². The van der Waals surface area contributed by atoms with Gasteiger partial charge in [0.05, 0.1) is 6.95 Å². The first-order valence-corrected chi connectivity index (χ1v) is 22.0. The average Bonchev–Trinajstić information content (AvgIpc) is 1.39. The third kappa shape index (κ3) is 11.4. The molecule has 0 aliphatic heterocycles. The Morgan fingerprint density at radius 2 is 1.16 bits per heavy atom. The van der Waals surface area contributed by atoms with E-state index in [-0.39, 0.29) is 75.8 Å². The minimum atomic E-state index is -3.59. The maximum Gasteiger partial charge on any atom is 3.00 e. The van der Waals surface area contributed by atoms with Crippen LogP contribution in [0.2, 0.25) is 0 Å². The summed E-state index contributed by atoms with van der Waals surface area (Å²) in [5, 5.41) is 0.375. The van der Waals surface area contributed by atoms with Crippen LogP contribution in [0.4, 0.5) is 4.39 Å². The first-order valence-electron chi connectivity index (χ1n) is 32.0. The Hall–Kier alpha value is -6.07. The topological polar surface area (TPSA) is 51.8 Å². The number of aromatic nitrogens is 3.